The predicted molar refractivity (Wildman–Crippen MR) is 70.2 cm³/mol. The first kappa shape index (κ1) is 14.9. The lowest BCUT2D eigenvalue weighted by molar-refractivity contribution is 0.0596. The van der Waals surface area contributed by atoms with Crippen molar-refractivity contribution in [2.24, 2.45) is 5.92 Å². The number of rotatable bonds is 5. The van der Waals surface area contributed by atoms with Gasteiger partial charge in [0.2, 0.25) is 10.0 Å². The van der Waals surface area contributed by atoms with Crippen molar-refractivity contribution in [1.29, 1.82) is 0 Å². The van der Waals surface area contributed by atoms with Crippen LogP contribution >= 0.6 is 0 Å². The van der Waals surface area contributed by atoms with Gasteiger partial charge in [-0.25, -0.2) is 22.3 Å². The molecule has 2 rings (SSSR count). The Bertz CT molecular complexity index is 625. The Morgan fingerprint density at radius 2 is 2.10 bits per heavy atom. The molecule has 110 valence electrons. The highest BCUT2D eigenvalue weighted by Crippen LogP contribution is 2.33. The number of halogens is 1. The van der Waals surface area contributed by atoms with Gasteiger partial charge in [-0.1, -0.05) is 0 Å². The van der Waals surface area contributed by atoms with Gasteiger partial charge in [-0.05, 0) is 43.9 Å². The standard InChI is InChI=1S/C13H16FNO4S/c1-8(9-3-4-9)15-20(17,18)12-7-10(14)5-6-11(12)13(16)19-2/h5-9,15H,3-4H2,1-2H3. The summed E-state index contributed by atoms with van der Waals surface area (Å²) in [6.07, 6.45) is 1.94. The molecule has 0 amide bonds. The highest BCUT2D eigenvalue weighted by Gasteiger charge is 2.32. The monoisotopic (exact) mass is 301 g/mol. The van der Waals surface area contributed by atoms with Gasteiger partial charge in [0, 0.05) is 6.04 Å². The first-order valence-corrected chi connectivity index (χ1v) is 7.73. The highest BCUT2D eigenvalue weighted by atomic mass is 32.2. The summed E-state index contributed by atoms with van der Waals surface area (Å²) >= 11 is 0. The second kappa shape index (κ2) is 5.49. The molecule has 0 aromatic heterocycles. The second-order valence-electron chi connectivity index (χ2n) is 4.88. The molecule has 0 bridgehead atoms. The number of benzene rings is 1. The van der Waals surface area contributed by atoms with Crippen molar-refractivity contribution in [3.05, 3.63) is 29.6 Å². The topological polar surface area (TPSA) is 72.5 Å². The second-order valence-corrected chi connectivity index (χ2v) is 6.56. The summed E-state index contributed by atoms with van der Waals surface area (Å²) in [6, 6.07) is 2.72. The van der Waals surface area contributed by atoms with Gasteiger partial charge >= 0.3 is 5.97 Å². The SMILES string of the molecule is COC(=O)c1ccc(F)cc1S(=O)(=O)NC(C)C1CC1. The van der Waals surface area contributed by atoms with Crippen LogP contribution in [0.2, 0.25) is 0 Å². The summed E-state index contributed by atoms with van der Waals surface area (Å²) < 4.78 is 44.9. The van der Waals surface area contributed by atoms with Gasteiger partial charge in [-0.3, -0.25) is 0 Å². The third kappa shape index (κ3) is 3.16. The van der Waals surface area contributed by atoms with Crippen LogP contribution in [0.25, 0.3) is 0 Å². The van der Waals surface area contributed by atoms with Gasteiger partial charge in [0.15, 0.2) is 0 Å². The van der Waals surface area contributed by atoms with E-state index in [1.54, 1.807) is 6.92 Å². The van der Waals surface area contributed by atoms with Crippen LogP contribution in [0, 0.1) is 11.7 Å². The zero-order valence-electron chi connectivity index (χ0n) is 11.2. The molecule has 1 aliphatic carbocycles. The first-order valence-electron chi connectivity index (χ1n) is 6.25. The van der Waals surface area contributed by atoms with E-state index < -0.39 is 26.7 Å². The Morgan fingerprint density at radius 1 is 1.45 bits per heavy atom. The molecule has 1 aromatic carbocycles. The molecule has 0 spiro atoms. The molecule has 0 saturated heterocycles. The van der Waals surface area contributed by atoms with E-state index in [-0.39, 0.29) is 11.6 Å². The van der Waals surface area contributed by atoms with Crippen LogP contribution in [0.1, 0.15) is 30.1 Å². The minimum Gasteiger partial charge on any atom is -0.465 e. The maximum absolute atomic E-state index is 13.3. The fraction of sp³-hybridized carbons (Fsp3) is 0.462. The molecule has 1 aromatic rings. The molecule has 1 unspecified atom stereocenters. The van der Waals surface area contributed by atoms with Gasteiger partial charge in [0.05, 0.1) is 17.6 Å². The van der Waals surface area contributed by atoms with Crippen LogP contribution < -0.4 is 4.72 Å². The molecular weight excluding hydrogens is 285 g/mol. The van der Waals surface area contributed by atoms with Crippen LogP contribution in [0.3, 0.4) is 0 Å². The van der Waals surface area contributed by atoms with E-state index in [0.717, 1.165) is 38.2 Å². The largest absolute Gasteiger partial charge is 0.465 e. The lowest BCUT2D eigenvalue weighted by atomic mass is 10.2. The van der Waals surface area contributed by atoms with Crippen LogP contribution in [-0.2, 0) is 14.8 Å². The molecule has 0 aliphatic heterocycles. The van der Waals surface area contributed by atoms with Crippen molar-refractivity contribution in [3.63, 3.8) is 0 Å². The summed E-state index contributed by atoms with van der Waals surface area (Å²) in [6.45, 7) is 1.76. The van der Waals surface area contributed by atoms with E-state index in [0.29, 0.717) is 5.92 Å². The van der Waals surface area contributed by atoms with Gasteiger partial charge < -0.3 is 4.74 Å². The smallest absolute Gasteiger partial charge is 0.339 e. The number of esters is 1. The average molecular weight is 301 g/mol. The highest BCUT2D eigenvalue weighted by molar-refractivity contribution is 7.89. The van der Waals surface area contributed by atoms with Crippen LogP contribution in [0.4, 0.5) is 4.39 Å². The van der Waals surface area contributed by atoms with E-state index in [1.807, 2.05) is 0 Å². The van der Waals surface area contributed by atoms with Gasteiger partial charge in [0.1, 0.15) is 5.82 Å². The van der Waals surface area contributed by atoms with Gasteiger partial charge in [-0.2, -0.15) is 0 Å². The lowest BCUT2D eigenvalue weighted by Crippen LogP contribution is -2.35. The average Bonchev–Trinajstić information content (AvgIpc) is 3.21. The minimum atomic E-state index is -3.96. The number of carbonyl (C=O) groups is 1. The molecule has 1 aliphatic rings. The molecule has 1 fully saturated rings. The maximum atomic E-state index is 13.3. The van der Waals surface area contributed by atoms with Crippen molar-refractivity contribution in [3.8, 4) is 0 Å². The molecule has 1 N–H and O–H groups in total. The third-order valence-electron chi connectivity index (χ3n) is 3.31. The summed E-state index contributed by atoms with van der Waals surface area (Å²) in [5.41, 5.74) is -0.176. The minimum absolute atomic E-state index is 0.176. The Balaban J connectivity index is 2.38. The third-order valence-corrected chi connectivity index (χ3v) is 4.91. The summed E-state index contributed by atoms with van der Waals surface area (Å²) in [5.74, 6) is -1.23. The van der Waals surface area contributed by atoms with E-state index in [2.05, 4.69) is 9.46 Å². The predicted octanol–water partition coefficient (Wildman–Crippen LogP) is 1.69. The fourth-order valence-corrected chi connectivity index (χ4v) is 3.52. The number of nitrogens with one attached hydrogen (secondary N) is 1. The molecule has 1 saturated carbocycles. The first-order chi connectivity index (χ1) is 9.35. The summed E-state index contributed by atoms with van der Waals surface area (Å²) in [7, 11) is -2.82. The number of hydrogen-bond donors (Lipinski definition) is 1. The summed E-state index contributed by atoms with van der Waals surface area (Å²) in [4.78, 5) is 11.2. The van der Waals surface area contributed by atoms with Gasteiger partial charge in [0.25, 0.3) is 0 Å². The molecule has 20 heavy (non-hydrogen) atoms. The number of ether oxygens (including phenoxy) is 1. The quantitative estimate of drug-likeness (QED) is 0.840. The Kier molecular flexibility index (Phi) is 4.10. The Morgan fingerprint density at radius 3 is 2.65 bits per heavy atom. The number of hydrogen-bond acceptors (Lipinski definition) is 4. The Labute approximate surface area is 117 Å². The van der Waals surface area contributed by atoms with Crippen molar-refractivity contribution in [2.75, 3.05) is 7.11 Å². The van der Waals surface area contributed by atoms with E-state index in [4.69, 9.17) is 0 Å². The van der Waals surface area contributed by atoms with Crippen LogP contribution in [0.15, 0.2) is 23.1 Å². The van der Waals surface area contributed by atoms with E-state index in [9.17, 15) is 17.6 Å². The van der Waals surface area contributed by atoms with Crippen LogP contribution in [0.5, 0.6) is 0 Å². The fourth-order valence-electron chi connectivity index (χ4n) is 2.00. The van der Waals surface area contributed by atoms with E-state index in [1.165, 1.54) is 0 Å². The molecule has 0 radical (unpaired) electrons. The molecule has 0 heterocycles. The molecule has 1 atom stereocenters. The van der Waals surface area contributed by atoms with Crippen molar-refractivity contribution in [2.45, 2.75) is 30.7 Å². The number of carbonyl (C=O) groups excluding carboxylic acids is 1. The number of methoxy groups -OCH3 is 1. The lowest BCUT2D eigenvalue weighted by Gasteiger charge is -2.15. The molecular formula is C13H16FNO4S. The van der Waals surface area contributed by atoms with Crippen LogP contribution in [-0.4, -0.2) is 27.5 Å². The van der Waals surface area contributed by atoms with Crippen molar-refractivity contribution >= 4 is 16.0 Å². The molecule has 5 nitrogen and oxygen atoms in total. The van der Waals surface area contributed by atoms with Gasteiger partial charge in [-0.15, -0.1) is 0 Å². The summed E-state index contributed by atoms with van der Waals surface area (Å²) in [5, 5.41) is 0. The number of sulfonamides is 1. The normalized spacial score (nSPS) is 16.8. The molecule has 7 heteroatoms. The zero-order valence-corrected chi connectivity index (χ0v) is 12.0. The Hall–Kier alpha value is -1.47. The maximum Gasteiger partial charge on any atom is 0.339 e. The van der Waals surface area contributed by atoms with E-state index >= 15 is 0 Å². The van der Waals surface area contributed by atoms with Crippen molar-refractivity contribution in [1.82, 2.24) is 4.72 Å². The zero-order chi connectivity index (χ0) is 14.9. The van der Waals surface area contributed by atoms with Crippen molar-refractivity contribution < 1.29 is 22.3 Å².